The molecule has 0 saturated heterocycles. The van der Waals surface area contributed by atoms with Crippen LogP contribution in [0.4, 0.5) is 0 Å². The zero-order valence-electron chi connectivity index (χ0n) is 13.4. The molecule has 0 aliphatic rings. The van der Waals surface area contributed by atoms with E-state index in [0.29, 0.717) is 5.56 Å². The van der Waals surface area contributed by atoms with Gasteiger partial charge in [0, 0.05) is 6.04 Å². The van der Waals surface area contributed by atoms with Gasteiger partial charge in [0.05, 0.1) is 12.0 Å². The van der Waals surface area contributed by atoms with Gasteiger partial charge in [0.1, 0.15) is 0 Å². The van der Waals surface area contributed by atoms with Crippen LogP contribution in [0.1, 0.15) is 24.1 Å². The minimum Gasteiger partial charge on any atom is -0.228 e. The van der Waals surface area contributed by atoms with E-state index in [1.807, 2.05) is 36.4 Å². The quantitative estimate of drug-likeness (QED) is 0.810. The summed E-state index contributed by atoms with van der Waals surface area (Å²) in [6, 6.07) is 14.3. The maximum Gasteiger partial charge on any atom is 0.213 e. The van der Waals surface area contributed by atoms with Crippen LogP contribution in [0.25, 0.3) is 11.1 Å². The number of sulfonamides is 2. The maximum absolute atomic E-state index is 11.3. The van der Waals surface area contributed by atoms with E-state index >= 15 is 0 Å². The third-order valence-corrected chi connectivity index (χ3v) is 4.97. The summed E-state index contributed by atoms with van der Waals surface area (Å²) >= 11 is 0. The van der Waals surface area contributed by atoms with Gasteiger partial charge in [0.15, 0.2) is 0 Å². The first-order valence-corrected chi connectivity index (χ1v) is 10.8. The summed E-state index contributed by atoms with van der Waals surface area (Å²) < 4.78 is 47.2. The largest absolute Gasteiger partial charge is 0.228 e. The van der Waals surface area contributed by atoms with Crippen molar-refractivity contribution in [3.05, 3.63) is 59.7 Å². The summed E-state index contributed by atoms with van der Waals surface area (Å²) in [5.74, 6) is -0.194. The Morgan fingerprint density at radius 2 is 1.38 bits per heavy atom. The van der Waals surface area contributed by atoms with Crippen LogP contribution >= 0.6 is 0 Å². The molecule has 0 heterocycles. The Morgan fingerprint density at radius 1 is 0.917 bits per heavy atom. The lowest BCUT2D eigenvalue weighted by molar-refractivity contribution is 0.573. The number of hydrogen-bond acceptors (Lipinski definition) is 4. The SMILES string of the molecule is C[C@H](NS(C)(=O)=O)c1ccc(-c2ccc(CS(N)(=O)=O)cc2)cc1. The number of nitrogens with one attached hydrogen (secondary N) is 1. The lowest BCUT2D eigenvalue weighted by atomic mass is 10.0. The fourth-order valence-corrected chi connectivity index (χ4v) is 3.81. The summed E-state index contributed by atoms with van der Waals surface area (Å²) in [5, 5.41) is 5.03. The average molecular weight is 368 g/mol. The summed E-state index contributed by atoms with van der Waals surface area (Å²) in [6.45, 7) is 1.78. The third kappa shape index (κ3) is 5.72. The van der Waals surface area contributed by atoms with Gasteiger partial charge in [-0.25, -0.2) is 26.7 Å². The van der Waals surface area contributed by atoms with E-state index in [4.69, 9.17) is 5.14 Å². The van der Waals surface area contributed by atoms with Gasteiger partial charge in [-0.3, -0.25) is 0 Å². The minimum absolute atomic E-state index is 0.194. The Kier molecular flexibility index (Phi) is 5.44. The van der Waals surface area contributed by atoms with Crippen molar-refractivity contribution >= 4 is 20.0 Å². The summed E-state index contributed by atoms with van der Waals surface area (Å²) in [4.78, 5) is 0. The predicted molar refractivity (Wildman–Crippen MR) is 95.1 cm³/mol. The van der Waals surface area contributed by atoms with Crippen molar-refractivity contribution in [2.24, 2.45) is 5.14 Å². The van der Waals surface area contributed by atoms with Crippen LogP contribution in [-0.2, 0) is 25.8 Å². The molecule has 0 radical (unpaired) electrons. The first-order valence-electron chi connectivity index (χ1n) is 7.20. The topological polar surface area (TPSA) is 106 Å². The highest BCUT2D eigenvalue weighted by Gasteiger charge is 2.11. The lowest BCUT2D eigenvalue weighted by Crippen LogP contribution is -2.25. The van der Waals surface area contributed by atoms with Crippen LogP contribution in [0.5, 0.6) is 0 Å². The van der Waals surface area contributed by atoms with Crippen LogP contribution in [0.2, 0.25) is 0 Å². The van der Waals surface area contributed by atoms with E-state index in [1.54, 1.807) is 19.1 Å². The van der Waals surface area contributed by atoms with E-state index in [-0.39, 0.29) is 11.8 Å². The molecular weight excluding hydrogens is 348 g/mol. The highest BCUT2D eigenvalue weighted by atomic mass is 32.2. The fraction of sp³-hybridized carbons (Fsp3) is 0.250. The van der Waals surface area contributed by atoms with Gasteiger partial charge in [-0.2, -0.15) is 0 Å². The van der Waals surface area contributed by atoms with E-state index in [2.05, 4.69) is 4.72 Å². The number of rotatable bonds is 6. The molecular formula is C16H20N2O4S2. The third-order valence-electron chi connectivity index (χ3n) is 3.46. The number of nitrogens with two attached hydrogens (primary N) is 1. The van der Waals surface area contributed by atoms with Crippen LogP contribution in [0.15, 0.2) is 48.5 Å². The molecule has 6 nitrogen and oxygen atoms in total. The molecule has 1 atom stereocenters. The monoisotopic (exact) mass is 368 g/mol. The average Bonchev–Trinajstić information content (AvgIpc) is 2.45. The Morgan fingerprint density at radius 3 is 1.79 bits per heavy atom. The highest BCUT2D eigenvalue weighted by Crippen LogP contribution is 2.23. The second-order valence-electron chi connectivity index (χ2n) is 5.74. The van der Waals surface area contributed by atoms with Crippen LogP contribution < -0.4 is 9.86 Å². The molecule has 0 amide bonds. The second-order valence-corrected chi connectivity index (χ2v) is 9.13. The maximum atomic E-state index is 11.3. The van der Waals surface area contributed by atoms with Gasteiger partial charge < -0.3 is 0 Å². The molecule has 130 valence electrons. The zero-order chi connectivity index (χ0) is 18.0. The van der Waals surface area contributed by atoms with Gasteiger partial charge in [-0.1, -0.05) is 48.5 Å². The highest BCUT2D eigenvalue weighted by molar-refractivity contribution is 7.88. The number of primary sulfonamides is 1. The molecule has 0 saturated carbocycles. The van der Waals surface area contributed by atoms with Gasteiger partial charge in [-0.15, -0.1) is 0 Å². The molecule has 2 aromatic rings. The molecule has 8 heteroatoms. The van der Waals surface area contributed by atoms with Crippen molar-refractivity contribution < 1.29 is 16.8 Å². The Hall–Kier alpha value is -1.74. The lowest BCUT2D eigenvalue weighted by Gasteiger charge is -2.13. The van der Waals surface area contributed by atoms with E-state index in [0.717, 1.165) is 22.9 Å². The van der Waals surface area contributed by atoms with Crippen LogP contribution in [0, 0.1) is 0 Å². The zero-order valence-corrected chi connectivity index (χ0v) is 15.1. The van der Waals surface area contributed by atoms with Gasteiger partial charge in [0.2, 0.25) is 20.0 Å². The Labute approximate surface area is 142 Å². The standard InChI is InChI=1S/C16H20N2O4S2/c1-12(18-23(2,19)20)14-7-9-16(10-8-14)15-5-3-13(4-6-15)11-24(17,21)22/h3-10,12,18H,11H2,1-2H3,(H2,17,21,22)/t12-/m0/s1. The molecule has 0 aliphatic heterocycles. The molecule has 2 rings (SSSR count). The molecule has 2 aromatic carbocycles. The summed E-state index contributed by atoms with van der Waals surface area (Å²) in [5.41, 5.74) is 3.37. The predicted octanol–water partition coefficient (Wildman–Crippen LogP) is 1.75. The van der Waals surface area contributed by atoms with Gasteiger partial charge >= 0.3 is 0 Å². The van der Waals surface area contributed by atoms with Crippen molar-refractivity contribution in [1.29, 1.82) is 0 Å². The minimum atomic E-state index is -3.54. The Balaban J connectivity index is 2.16. The number of benzene rings is 2. The van der Waals surface area contributed by atoms with Crippen molar-refractivity contribution in [3.8, 4) is 11.1 Å². The van der Waals surface area contributed by atoms with Crippen molar-refractivity contribution in [2.45, 2.75) is 18.7 Å². The van der Waals surface area contributed by atoms with Crippen molar-refractivity contribution in [3.63, 3.8) is 0 Å². The smallest absolute Gasteiger partial charge is 0.213 e. The van der Waals surface area contributed by atoms with Crippen molar-refractivity contribution in [1.82, 2.24) is 4.72 Å². The van der Waals surface area contributed by atoms with E-state index in [1.165, 1.54) is 0 Å². The van der Waals surface area contributed by atoms with Gasteiger partial charge in [-0.05, 0) is 29.2 Å². The fourth-order valence-electron chi connectivity index (χ4n) is 2.38. The van der Waals surface area contributed by atoms with Crippen LogP contribution in [0.3, 0.4) is 0 Å². The van der Waals surface area contributed by atoms with Gasteiger partial charge in [0.25, 0.3) is 0 Å². The summed E-state index contributed by atoms with van der Waals surface area (Å²) in [6.07, 6.45) is 1.13. The summed E-state index contributed by atoms with van der Waals surface area (Å²) in [7, 11) is -6.80. The van der Waals surface area contributed by atoms with Crippen LogP contribution in [-0.4, -0.2) is 23.1 Å². The molecule has 0 spiro atoms. The Bertz CT molecular complexity index is 904. The molecule has 0 aromatic heterocycles. The molecule has 0 bridgehead atoms. The molecule has 0 unspecified atom stereocenters. The first kappa shape index (κ1) is 18.6. The molecule has 3 N–H and O–H groups in total. The van der Waals surface area contributed by atoms with Crippen molar-refractivity contribution in [2.75, 3.05) is 6.26 Å². The first-order chi connectivity index (χ1) is 11.0. The second kappa shape index (κ2) is 7.02. The number of hydrogen-bond donors (Lipinski definition) is 2. The van der Waals surface area contributed by atoms with E-state index in [9.17, 15) is 16.8 Å². The molecule has 0 aliphatic carbocycles. The molecule has 0 fully saturated rings. The molecule has 24 heavy (non-hydrogen) atoms. The normalized spacial score (nSPS) is 13.6. The van der Waals surface area contributed by atoms with E-state index < -0.39 is 20.0 Å².